The number of carbonyl (C=O) groups excluding carboxylic acids is 2. The number of fused-ring (bicyclic) bond motifs is 1. The highest BCUT2D eigenvalue weighted by atomic mass is 35.5. The zero-order valence-corrected chi connectivity index (χ0v) is 14.2. The molecule has 0 unspecified atom stereocenters. The predicted octanol–water partition coefficient (Wildman–Crippen LogP) is 3.19. The van der Waals surface area contributed by atoms with Gasteiger partial charge in [-0.15, -0.1) is 11.8 Å². The van der Waals surface area contributed by atoms with Crippen molar-refractivity contribution in [2.45, 2.75) is 4.90 Å². The molecule has 0 saturated heterocycles. The van der Waals surface area contributed by atoms with Gasteiger partial charge in [-0.3, -0.25) is 9.59 Å². The minimum atomic E-state index is -0.223. The van der Waals surface area contributed by atoms with Gasteiger partial charge in [0, 0.05) is 27.8 Å². The highest BCUT2D eigenvalue weighted by Crippen LogP contribution is 2.28. The van der Waals surface area contributed by atoms with Crippen molar-refractivity contribution in [3.05, 3.63) is 53.1 Å². The SMILES string of the molecule is O=C1COc2ccc(C(=O)NCCSc3ccc(Cl)cc3)cc2N1. The Hall–Kier alpha value is -2.18. The molecule has 2 aromatic carbocycles. The highest BCUT2D eigenvalue weighted by Gasteiger charge is 2.17. The van der Waals surface area contributed by atoms with Gasteiger partial charge in [0.1, 0.15) is 5.75 Å². The molecule has 0 radical (unpaired) electrons. The molecule has 0 saturated carbocycles. The molecule has 0 bridgehead atoms. The molecule has 2 amide bonds. The molecule has 24 heavy (non-hydrogen) atoms. The van der Waals surface area contributed by atoms with Crippen LogP contribution in [0.3, 0.4) is 0 Å². The van der Waals surface area contributed by atoms with Gasteiger partial charge in [-0.25, -0.2) is 0 Å². The third-order valence-corrected chi connectivity index (χ3v) is 4.61. The van der Waals surface area contributed by atoms with Crippen LogP contribution in [0.15, 0.2) is 47.4 Å². The summed E-state index contributed by atoms with van der Waals surface area (Å²) in [7, 11) is 0. The number of rotatable bonds is 5. The molecule has 0 aromatic heterocycles. The van der Waals surface area contributed by atoms with E-state index in [9.17, 15) is 9.59 Å². The van der Waals surface area contributed by atoms with Crippen LogP contribution in [-0.4, -0.2) is 30.7 Å². The van der Waals surface area contributed by atoms with Crippen molar-refractivity contribution in [1.82, 2.24) is 5.32 Å². The molecule has 124 valence electrons. The monoisotopic (exact) mass is 362 g/mol. The maximum Gasteiger partial charge on any atom is 0.262 e. The number of benzene rings is 2. The fraction of sp³-hybridized carbons (Fsp3) is 0.176. The van der Waals surface area contributed by atoms with E-state index in [0.717, 1.165) is 10.6 Å². The molecule has 0 aliphatic carbocycles. The summed E-state index contributed by atoms with van der Waals surface area (Å²) in [6, 6.07) is 12.6. The van der Waals surface area contributed by atoms with E-state index in [2.05, 4.69) is 10.6 Å². The fourth-order valence-corrected chi connectivity index (χ4v) is 3.09. The quantitative estimate of drug-likeness (QED) is 0.633. The van der Waals surface area contributed by atoms with Crippen LogP contribution < -0.4 is 15.4 Å². The lowest BCUT2D eigenvalue weighted by Crippen LogP contribution is -2.28. The normalized spacial score (nSPS) is 12.8. The smallest absolute Gasteiger partial charge is 0.262 e. The third-order valence-electron chi connectivity index (χ3n) is 3.34. The second-order valence-electron chi connectivity index (χ2n) is 5.11. The summed E-state index contributed by atoms with van der Waals surface area (Å²) in [6.45, 7) is 0.534. The fourth-order valence-electron chi connectivity index (χ4n) is 2.19. The molecule has 1 aliphatic rings. The lowest BCUT2D eigenvalue weighted by Gasteiger charge is -2.18. The molecule has 1 aliphatic heterocycles. The Morgan fingerprint density at radius 2 is 2.04 bits per heavy atom. The van der Waals surface area contributed by atoms with Crippen molar-refractivity contribution in [1.29, 1.82) is 0 Å². The molecule has 1 heterocycles. The first kappa shape index (κ1) is 16.7. The number of ether oxygens (including phenoxy) is 1. The van der Waals surface area contributed by atoms with Crippen molar-refractivity contribution < 1.29 is 14.3 Å². The van der Waals surface area contributed by atoms with E-state index in [0.29, 0.717) is 28.6 Å². The Morgan fingerprint density at radius 3 is 2.83 bits per heavy atom. The Balaban J connectivity index is 1.51. The number of amides is 2. The summed E-state index contributed by atoms with van der Waals surface area (Å²) >= 11 is 7.48. The lowest BCUT2D eigenvalue weighted by molar-refractivity contribution is -0.118. The number of anilines is 1. The van der Waals surface area contributed by atoms with Crippen molar-refractivity contribution >= 4 is 40.9 Å². The molecule has 0 atom stereocenters. The van der Waals surface area contributed by atoms with E-state index >= 15 is 0 Å². The van der Waals surface area contributed by atoms with Gasteiger partial charge in [-0.05, 0) is 42.5 Å². The number of thioether (sulfide) groups is 1. The van der Waals surface area contributed by atoms with E-state index in [1.807, 2.05) is 24.3 Å². The summed E-state index contributed by atoms with van der Waals surface area (Å²) in [4.78, 5) is 24.6. The van der Waals surface area contributed by atoms with Crippen LogP contribution in [0.1, 0.15) is 10.4 Å². The van der Waals surface area contributed by atoms with E-state index in [4.69, 9.17) is 16.3 Å². The average Bonchev–Trinajstić information content (AvgIpc) is 2.59. The van der Waals surface area contributed by atoms with Crippen LogP contribution >= 0.6 is 23.4 Å². The zero-order chi connectivity index (χ0) is 16.9. The van der Waals surface area contributed by atoms with Crippen molar-refractivity contribution in [2.24, 2.45) is 0 Å². The largest absolute Gasteiger partial charge is 0.482 e. The van der Waals surface area contributed by atoms with Crippen molar-refractivity contribution in [3.63, 3.8) is 0 Å². The summed E-state index contributed by atoms with van der Waals surface area (Å²) in [5.41, 5.74) is 1.01. The highest BCUT2D eigenvalue weighted by molar-refractivity contribution is 7.99. The van der Waals surface area contributed by atoms with Gasteiger partial charge in [-0.2, -0.15) is 0 Å². The average molecular weight is 363 g/mol. The number of hydrogen-bond acceptors (Lipinski definition) is 4. The first-order valence-electron chi connectivity index (χ1n) is 7.35. The van der Waals surface area contributed by atoms with Crippen LogP contribution in [0.25, 0.3) is 0 Å². The second kappa shape index (κ2) is 7.59. The first-order chi connectivity index (χ1) is 11.6. The first-order valence-corrected chi connectivity index (χ1v) is 8.71. The molecule has 2 aromatic rings. The Bertz CT molecular complexity index is 765. The van der Waals surface area contributed by atoms with Crippen LogP contribution in [0.4, 0.5) is 5.69 Å². The molecule has 3 rings (SSSR count). The van der Waals surface area contributed by atoms with E-state index in [1.54, 1.807) is 30.0 Å². The summed E-state index contributed by atoms with van der Waals surface area (Å²) in [5, 5.41) is 6.25. The number of halogens is 1. The van der Waals surface area contributed by atoms with Crippen LogP contribution in [0, 0.1) is 0 Å². The molecule has 0 spiro atoms. The maximum absolute atomic E-state index is 12.2. The summed E-state index contributed by atoms with van der Waals surface area (Å²) in [5.74, 6) is 0.913. The summed E-state index contributed by atoms with van der Waals surface area (Å²) in [6.07, 6.45) is 0. The lowest BCUT2D eigenvalue weighted by atomic mass is 10.1. The van der Waals surface area contributed by atoms with Gasteiger partial charge in [0.05, 0.1) is 5.69 Å². The number of nitrogens with one attached hydrogen (secondary N) is 2. The zero-order valence-electron chi connectivity index (χ0n) is 12.7. The Kier molecular flexibility index (Phi) is 5.27. The van der Waals surface area contributed by atoms with Crippen LogP contribution in [0.2, 0.25) is 5.02 Å². The van der Waals surface area contributed by atoms with E-state index in [-0.39, 0.29) is 18.4 Å². The standard InChI is InChI=1S/C17H15ClN2O3S/c18-12-2-4-13(5-3-12)24-8-7-19-17(22)11-1-6-15-14(9-11)20-16(21)10-23-15/h1-6,9H,7-8,10H2,(H,19,22)(H,20,21). The number of carbonyl (C=O) groups is 2. The van der Waals surface area contributed by atoms with Gasteiger partial charge in [0.25, 0.3) is 11.8 Å². The van der Waals surface area contributed by atoms with Crippen LogP contribution in [0.5, 0.6) is 5.75 Å². The van der Waals surface area contributed by atoms with E-state index in [1.165, 1.54) is 0 Å². The molecular formula is C17H15ClN2O3S. The molecular weight excluding hydrogens is 348 g/mol. The Morgan fingerprint density at radius 1 is 1.25 bits per heavy atom. The molecule has 7 heteroatoms. The molecule has 0 fully saturated rings. The van der Waals surface area contributed by atoms with Crippen molar-refractivity contribution in [2.75, 3.05) is 24.2 Å². The molecule has 2 N–H and O–H groups in total. The minimum Gasteiger partial charge on any atom is -0.482 e. The van der Waals surface area contributed by atoms with E-state index < -0.39 is 0 Å². The van der Waals surface area contributed by atoms with Gasteiger partial charge >= 0.3 is 0 Å². The number of hydrogen-bond donors (Lipinski definition) is 2. The maximum atomic E-state index is 12.2. The minimum absolute atomic E-state index is 0.000461. The predicted molar refractivity (Wildman–Crippen MR) is 95.1 cm³/mol. The molecule has 5 nitrogen and oxygen atoms in total. The van der Waals surface area contributed by atoms with Crippen molar-refractivity contribution in [3.8, 4) is 5.75 Å². The third kappa shape index (κ3) is 4.21. The van der Waals surface area contributed by atoms with Gasteiger partial charge in [-0.1, -0.05) is 11.6 Å². The topological polar surface area (TPSA) is 67.4 Å². The van der Waals surface area contributed by atoms with Gasteiger partial charge in [0.15, 0.2) is 6.61 Å². The van der Waals surface area contributed by atoms with Gasteiger partial charge < -0.3 is 15.4 Å². The van der Waals surface area contributed by atoms with Gasteiger partial charge in [0.2, 0.25) is 0 Å². The second-order valence-corrected chi connectivity index (χ2v) is 6.71. The van der Waals surface area contributed by atoms with Crippen LogP contribution in [-0.2, 0) is 4.79 Å². The Labute approximate surface area is 148 Å². The summed E-state index contributed by atoms with van der Waals surface area (Å²) < 4.78 is 5.27.